The third kappa shape index (κ3) is 8.54. The Kier molecular flexibility index (Phi) is 8.86. The molecule has 0 aliphatic heterocycles. The van der Waals surface area contributed by atoms with Gasteiger partial charge in [-0.05, 0) is 56.4 Å². The lowest BCUT2D eigenvalue weighted by atomic mass is 9.88. The maximum Gasteiger partial charge on any atom is 0.220 e. The molecule has 4 nitrogen and oxygen atoms in total. The summed E-state index contributed by atoms with van der Waals surface area (Å²) >= 11 is 0. The Bertz CT molecular complexity index is 265. The smallest absolute Gasteiger partial charge is 0.220 e. The standard InChI is InChI=1S/C16H32N2O2/c1-13(2)15(8-9-17)6-7-16(19)18-10-3-11-20-12-14-4-5-14/h13-15H,3-12,17H2,1-2H3,(H,18,19). The summed E-state index contributed by atoms with van der Waals surface area (Å²) in [5, 5.41) is 2.97. The van der Waals surface area contributed by atoms with E-state index in [2.05, 4.69) is 19.2 Å². The molecule has 1 aliphatic rings. The highest BCUT2D eigenvalue weighted by molar-refractivity contribution is 5.75. The zero-order chi connectivity index (χ0) is 14.8. The molecule has 0 saturated heterocycles. The number of nitrogens with one attached hydrogen (secondary N) is 1. The van der Waals surface area contributed by atoms with Crippen molar-refractivity contribution < 1.29 is 9.53 Å². The minimum Gasteiger partial charge on any atom is -0.381 e. The first-order valence-electron chi connectivity index (χ1n) is 8.18. The Morgan fingerprint density at radius 3 is 2.70 bits per heavy atom. The Morgan fingerprint density at radius 1 is 1.35 bits per heavy atom. The van der Waals surface area contributed by atoms with Gasteiger partial charge in [0.25, 0.3) is 0 Å². The van der Waals surface area contributed by atoms with Gasteiger partial charge < -0.3 is 15.8 Å². The third-order valence-electron chi connectivity index (χ3n) is 4.06. The number of nitrogens with two attached hydrogens (primary N) is 1. The monoisotopic (exact) mass is 284 g/mol. The van der Waals surface area contributed by atoms with Crippen molar-refractivity contribution in [1.29, 1.82) is 0 Å². The lowest BCUT2D eigenvalue weighted by Crippen LogP contribution is -2.26. The quantitative estimate of drug-likeness (QED) is 0.541. The molecule has 0 spiro atoms. The van der Waals surface area contributed by atoms with E-state index < -0.39 is 0 Å². The first-order valence-corrected chi connectivity index (χ1v) is 8.18. The van der Waals surface area contributed by atoms with Crippen LogP contribution >= 0.6 is 0 Å². The molecule has 0 radical (unpaired) electrons. The van der Waals surface area contributed by atoms with Crippen LogP contribution in [0.5, 0.6) is 0 Å². The van der Waals surface area contributed by atoms with Crippen LogP contribution in [0.15, 0.2) is 0 Å². The summed E-state index contributed by atoms with van der Waals surface area (Å²) in [6, 6.07) is 0. The van der Waals surface area contributed by atoms with Crippen LogP contribution in [0.25, 0.3) is 0 Å². The van der Waals surface area contributed by atoms with E-state index in [0.717, 1.165) is 44.9 Å². The first kappa shape index (κ1) is 17.4. The number of amides is 1. The second-order valence-electron chi connectivity index (χ2n) is 6.34. The average molecular weight is 284 g/mol. The zero-order valence-corrected chi connectivity index (χ0v) is 13.2. The molecule has 1 unspecified atom stereocenters. The van der Waals surface area contributed by atoms with Gasteiger partial charge in [0.2, 0.25) is 5.91 Å². The van der Waals surface area contributed by atoms with Gasteiger partial charge in [-0.15, -0.1) is 0 Å². The molecular weight excluding hydrogens is 252 g/mol. The maximum absolute atomic E-state index is 11.7. The summed E-state index contributed by atoms with van der Waals surface area (Å²) in [4.78, 5) is 11.7. The maximum atomic E-state index is 11.7. The van der Waals surface area contributed by atoms with Gasteiger partial charge >= 0.3 is 0 Å². The van der Waals surface area contributed by atoms with E-state index in [0.29, 0.717) is 24.8 Å². The molecular formula is C16H32N2O2. The summed E-state index contributed by atoms with van der Waals surface area (Å²) in [5.41, 5.74) is 5.61. The molecule has 0 aromatic heterocycles. The van der Waals surface area contributed by atoms with Crippen molar-refractivity contribution in [1.82, 2.24) is 5.32 Å². The molecule has 1 fully saturated rings. The second kappa shape index (κ2) is 10.2. The predicted molar refractivity (Wildman–Crippen MR) is 82.4 cm³/mol. The number of hydrogen-bond acceptors (Lipinski definition) is 3. The molecule has 20 heavy (non-hydrogen) atoms. The van der Waals surface area contributed by atoms with E-state index >= 15 is 0 Å². The fourth-order valence-electron chi connectivity index (χ4n) is 2.37. The third-order valence-corrected chi connectivity index (χ3v) is 4.06. The van der Waals surface area contributed by atoms with Gasteiger partial charge in [0.05, 0.1) is 0 Å². The summed E-state index contributed by atoms with van der Waals surface area (Å²) in [6.07, 6.45) is 6.15. The van der Waals surface area contributed by atoms with Crippen molar-refractivity contribution in [2.24, 2.45) is 23.5 Å². The Labute approximate surface area is 123 Å². The van der Waals surface area contributed by atoms with Gasteiger partial charge in [-0.25, -0.2) is 0 Å². The highest BCUT2D eigenvalue weighted by Gasteiger charge is 2.20. The highest BCUT2D eigenvalue weighted by atomic mass is 16.5. The van der Waals surface area contributed by atoms with Crippen LogP contribution in [0, 0.1) is 17.8 Å². The van der Waals surface area contributed by atoms with Crippen molar-refractivity contribution >= 4 is 5.91 Å². The fourth-order valence-corrected chi connectivity index (χ4v) is 2.37. The molecule has 0 aromatic carbocycles. The van der Waals surface area contributed by atoms with Crippen molar-refractivity contribution in [3.05, 3.63) is 0 Å². The van der Waals surface area contributed by atoms with Gasteiger partial charge in [0, 0.05) is 26.2 Å². The number of carbonyl (C=O) groups excluding carboxylic acids is 1. The van der Waals surface area contributed by atoms with Crippen LogP contribution in [0.4, 0.5) is 0 Å². The van der Waals surface area contributed by atoms with E-state index in [1.165, 1.54) is 12.8 Å². The molecule has 1 rings (SSSR count). The van der Waals surface area contributed by atoms with E-state index in [4.69, 9.17) is 10.5 Å². The number of ether oxygens (including phenoxy) is 1. The number of carbonyl (C=O) groups is 1. The SMILES string of the molecule is CC(C)C(CCN)CCC(=O)NCCCOCC1CC1. The predicted octanol–water partition coefficient (Wildman–Crippen LogP) is 2.32. The molecule has 0 aromatic rings. The number of hydrogen-bond donors (Lipinski definition) is 2. The molecule has 1 saturated carbocycles. The van der Waals surface area contributed by atoms with E-state index in [1.54, 1.807) is 0 Å². The minimum atomic E-state index is 0.162. The molecule has 1 atom stereocenters. The van der Waals surface area contributed by atoms with Gasteiger partial charge in [-0.1, -0.05) is 13.8 Å². The minimum absolute atomic E-state index is 0.162. The van der Waals surface area contributed by atoms with Crippen LogP contribution in [0.1, 0.15) is 52.4 Å². The summed E-state index contributed by atoms with van der Waals surface area (Å²) in [5.74, 6) is 2.14. The van der Waals surface area contributed by atoms with Crippen molar-refractivity contribution in [3.63, 3.8) is 0 Å². The molecule has 0 bridgehead atoms. The summed E-state index contributed by atoms with van der Waals surface area (Å²) in [7, 11) is 0. The van der Waals surface area contributed by atoms with Crippen LogP contribution in [-0.4, -0.2) is 32.2 Å². The Balaban J connectivity index is 1.95. The first-order chi connectivity index (χ1) is 9.63. The fraction of sp³-hybridized carbons (Fsp3) is 0.938. The number of rotatable bonds is 12. The van der Waals surface area contributed by atoms with E-state index in [-0.39, 0.29) is 5.91 Å². The lowest BCUT2D eigenvalue weighted by molar-refractivity contribution is -0.121. The largest absolute Gasteiger partial charge is 0.381 e. The Hall–Kier alpha value is -0.610. The lowest BCUT2D eigenvalue weighted by Gasteiger charge is -2.19. The van der Waals surface area contributed by atoms with Crippen molar-refractivity contribution in [2.45, 2.75) is 52.4 Å². The summed E-state index contributed by atoms with van der Waals surface area (Å²) in [6.45, 7) is 7.52. The van der Waals surface area contributed by atoms with Crippen molar-refractivity contribution in [2.75, 3.05) is 26.3 Å². The van der Waals surface area contributed by atoms with Crippen LogP contribution < -0.4 is 11.1 Å². The molecule has 4 heteroatoms. The Morgan fingerprint density at radius 2 is 2.10 bits per heavy atom. The molecule has 1 amide bonds. The molecule has 118 valence electrons. The molecule has 0 heterocycles. The van der Waals surface area contributed by atoms with Gasteiger partial charge in [-0.3, -0.25) is 4.79 Å². The zero-order valence-electron chi connectivity index (χ0n) is 13.2. The van der Waals surface area contributed by atoms with E-state index in [9.17, 15) is 4.79 Å². The van der Waals surface area contributed by atoms with Crippen LogP contribution in [0.3, 0.4) is 0 Å². The average Bonchev–Trinajstić information content (AvgIpc) is 3.22. The van der Waals surface area contributed by atoms with Crippen molar-refractivity contribution in [3.8, 4) is 0 Å². The topological polar surface area (TPSA) is 64.4 Å². The summed E-state index contributed by atoms with van der Waals surface area (Å²) < 4.78 is 5.54. The van der Waals surface area contributed by atoms with Gasteiger partial charge in [0.15, 0.2) is 0 Å². The highest BCUT2D eigenvalue weighted by Crippen LogP contribution is 2.28. The normalized spacial score (nSPS) is 16.4. The van der Waals surface area contributed by atoms with Gasteiger partial charge in [-0.2, -0.15) is 0 Å². The molecule has 3 N–H and O–H groups in total. The van der Waals surface area contributed by atoms with E-state index in [1.807, 2.05) is 0 Å². The van der Waals surface area contributed by atoms with Crippen LogP contribution in [0.2, 0.25) is 0 Å². The second-order valence-corrected chi connectivity index (χ2v) is 6.34. The van der Waals surface area contributed by atoms with Gasteiger partial charge in [0.1, 0.15) is 0 Å². The molecule has 1 aliphatic carbocycles. The van der Waals surface area contributed by atoms with Crippen LogP contribution in [-0.2, 0) is 9.53 Å².